The Labute approximate surface area is 219 Å². The highest BCUT2D eigenvalue weighted by atomic mass is 127. The molecule has 1 heterocycles. The van der Waals surface area contributed by atoms with Gasteiger partial charge in [0.1, 0.15) is 6.61 Å². The van der Waals surface area contributed by atoms with Crippen LogP contribution in [0, 0.1) is 13.7 Å². The molecule has 0 N–H and O–H groups in total. The third kappa shape index (κ3) is 5.65. The maximum absolute atomic E-state index is 12.9. The average Bonchev–Trinajstić information content (AvgIpc) is 3.12. The molecule has 0 radical (unpaired) electrons. The van der Waals surface area contributed by atoms with Gasteiger partial charge in [-0.2, -0.15) is 0 Å². The summed E-state index contributed by atoms with van der Waals surface area (Å²) in [6, 6.07) is 18.5. The van der Waals surface area contributed by atoms with Gasteiger partial charge in [0.05, 0.1) is 25.7 Å². The summed E-state index contributed by atoms with van der Waals surface area (Å²) in [7, 11) is 0. The van der Waals surface area contributed by atoms with E-state index in [1.165, 1.54) is 12.1 Å². The van der Waals surface area contributed by atoms with Gasteiger partial charge in [-0.05, 0) is 94.9 Å². The number of benzene rings is 3. The van der Waals surface area contributed by atoms with Gasteiger partial charge in [-0.15, -0.1) is 0 Å². The van der Waals surface area contributed by atoms with Crippen molar-refractivity contribution in [3.05, 3.63) is 96.4 Å². The topological polar surface area (TPSA) is 99.0 Å². The number of non-ortho nitro benzene ring substituents is 1. The number of thioether (sulfide) groups is 1. The van der Waals surface area contributed by atoms with Crippen molar-refractivity contribution in [1.82, 2.24) is 0 Å². The first-order valence-corrected chi connectivity index (χ1v) is 12.4. The Morgan fingerprint density at radius 1 is 1.06 bits per heavy atom. The predicted octanol–water partition coefficient (Wildman–Crippen LogP) is 6.42. The highest BCUT2D eigenvalue weighted by molar-refractivity contribution is 14.1. The highest BCUT2D eigenvalue weighted by Gasteiger charge is 2.36. The molecule has 0 unspecified atom stereocenters. The molecule has 2 amide bonds. The monoisotopic (exact) mass is 602 g/mol. The Balaban J connectivity index is 1.57. The van der Waals surface area contributed by atoms with E-state index >= 15 is 0 Å². The van der Waals surface area contributed by atoms with Crippen LogP contribution in [0.2, 0.25) is 0 Å². The van der Waals surface area contributed by atoms with Gasteiger partial charge in [-0.1, -0.05) is 18.2 Å². The maximum atomic E-state index is 12.9. The molecule has 1 aliphatic heterocycles. The molecule has 0 aromatic heterocycles. The molecule has 0 atom stereocenters. The first-order chi connectivity index (χ1) is 16.9. The van der Waals surface area contributed by atoms with Crippen molar-refractivity contribution in [2.75, 3.05) is 11.5 Å². The molecule has 3 aromatic rings. The minimum absolute atomic E-state index is 0.0133. The van der Waals surface area contributed by atoms with Gasteiger partial charge in [0.2, 0.25) is 0 Å². The fourth-order valence-electron chi connectivity index (χ4n) is 3.36. The van der Waals surface area contributed by atoms with Crippen molar-refractivity contribution in [3.63, 3.8) is 0 Å². The first kappa shape index (κ1) is 24.7. The molecular weight excluding hydrogens is 583 g/mol. The molecule has 35 heavy (non-hydrogen) atoms. The SMILES string of the molecule is CCOc1cc(/C=C2\SC(=O)N(c3ccccc3)C2=O)cc(I)c1OCc1ccc([N+](=O)[O-])cc1. The van der Waals surface area contributed by atoms with Crippen molar-refractivity contribution in [2.45, 2.75) is 13.5 Å². The van der Waals surface area contributed by atoms with Crippen molar-refractivity contribution >= 4 is 62.9 Å². The minimum atomic E-state index is -0.450. The number of hydrogen-bond acceptors (Lipinski definition) is 7. The summed E-state index contributed by atoms with van der Waals surface area (Å²) in [6.45, 7) is 2.45. The van der Waals surface area contributed by atoms with Crippen molar-refractivity contribution in [1.29, 1.82) is 0 Å². The molecule has 8 nitrogen and oxygen atoms in total. The first-order valence-electron chi connectivity index (χ1n) is 10.5. The van der Waals surface area contributed by atoms with E-state index in [1.54, 1.807) is 48.5 Å². The molecule has 4 rings (SSSR count). The lowest BCUT2D eigenvalue weighted by atomic mass is 10.1. The molecule has 1 fully saturated rings. The molecule has 0 spiro atoms. The second-order valence-electron chi connectivity index (χ2n) is 7.33. The summed E-state index contributed by atoms with van der Waals surface area (Å²) < 4.78 is 12.5. The van der Waals surface area contributed by atoms with E-state index in [-0.39, 0.29) is 23.4 Å². The molecule has 0 bridgehead atoms. The molecule has 10 heteroatoms. The lowest BCUT2D eigenvalue weighted by Crippen LogP contribution is -2.27. The second kappa shape index (κ2) is 10.9. The normalized spacial score (nSPS) is 14.5. The smallest absolute Gasteiger partial charge is 0.298 e. The lowest BCUT2D eigenvalue weighted by molar-refractivity contribution is -0.384. The molecule has 3 aromatic carbocycles. The maximum Gasteiger partial charge on any atom is 0.298 e. The number of anilines is 1. The fraction of sp³-hybridized carbons (Fsp3) is 0.120. The average molecular weight is 602 g/mol. The van der Waals surface area contributed by atoms with E-state index in [9.17, 15) is 19.7 Å². The Morgan fingerprint density at radius 2 is 1.77 bits per heavy atom. The molecule has 0 saturated carbocycles. The number of nitrogens with zero attached hydrogens (tertiary/aromatic N) is 2. The van der Waals surface area contributed by atoms with E-state index in [1.807, 2.05) is 19.1 Å². The Morgan fingerprint density at radius 3 is 2.43 bits per heavy atom. The Kier molecular flexibility index (Phi) is 7.71. The van der Waals surface area contributed by atoms with Crippen molar-refractivity contribution in [3.8, 4) is 11.5 Å². The van der Waals surface area contributed by atoms with E-state index < -0.39 is 4.92 Å². The number of rotatable bonds is 8. The van der Waals surface area contributed by atoms with Crippen LogP contribution >= 0.6 is 34.4 Å². The van der Waals surface area contributed by atoms with Gasteiger partial charge in [-0.25, -0.2) is 4.90 Å². The number of hydrogen-bond donors (Lipinski definition) is 0. The van der Waals surface area contributed by atoms with Crippen LogP contribution in [-0.2, 0) is 11.4 Å². The van der Waals surface area contributed by atoms with Gasteiger partial charge in [0, 0.05) is 12.1 Å². The molecular formula is C25H19IN2O6S. The zero-order chi connectivity index (χ0) is 24.9. The fourth-order valence-corrected chi connectivity index (χ4v) is 4.98. The van der Waals surface area contributed by atoms with Crippen LogP contribution in [0.3, 0.4) is 0 Å². The predicted molar refractivity (Wildman–Crippen MR) is 143 cm³/mol. The number of carbonyl (C=O) groups is 2. The van der Waals surface area contributed by atoms with Crippen LogP contribution in [0.4, 0.5) is 16.2 Å². The standard InChI is InChI=1S/C25H19IN2O6S/c1-2-33-21-13-17(14-22-24(29)27(25(30)35-22)18-6-4-3-5-7-18)12-20(26)23(21)34-15-16-8-10-19(11-9-16)28(31)32/h3-14H,2,15H2,1H3/b22-14-. The van der Waals surface area contributed by atoms with Gasteiger partial charge < -0.3 is 9.47 Å². The van der Waals surface area contributed by atoms with E-state index in [2.05, 4.69) is 22.6 Å². The van der Waals surface area contributed by atoms with Gasteiger partial charge in [0.15, 0.2) is 11.5 Å². The van der Waals surface area contributed by atoms with Gasteiger partial charge in [-0.3, -0.25) is 19.7 Å². The molecule has 0 aliphatic carbocycles. The number of halogens is 1. The van der Waals surface area contributed by atoms with E-state index in [4.69, 9.17) is 9.47 Å². The summed E-state index contributed by atoms with van der Waals surface area (Å²) >= 11 is 3.01. The second-order valence-corrected chi connectivity index (χ2v) is 9.48. The number of nitro benzene ring substituents is 1. The van der Waals surface area contributed by atoms with Crippen LogP contribution in [0.1, 0.15) is 18.1 Å². The zero-order valence-electron chi connectivity index (χ0n) is 18.5. The van der Waals surface area contributed by atoms with Crippen LogP contribution < -0.4 is 14.4 Å². The third-order valence-corrected chi connectivity index (χ3v) is 6.64. The Bertz CT molecular complexity index is 1310. The van der Waals surface area contributed by atoms with Crippen LogP contribution in [-0.4, -0.2) is 22.7 Å². The lowest BCUT2D eigenvalue weighted by Gasteiger charge is -2.15. The number of para-hydroxylation sites is 1. The zero-order valence-corrected chi connectivity index (χ0v) is 21.4. The number of imide groups is 1. The molecule has 1 aliphatic rings. The van der Waals surface area contributed by atoms with Gasteiger partial charge in [0.25, 0.3) is 16.8 Å². The third-order valence-electron chi connectivity index (χ3n) is 4.97. The van der Waals surface area contributed by atoms with Crippen LogP contribution in [0.25, 0.3) is 6.08 Å². The number of nitro groups is 1. The Hall–Kier alpha value is -3.38. The highest BCUT2D eigenvalue weighted by Crippen LogP contribution is 2.39. The minimum Gasteiger partial charge on any atom is -0.490 e. The number of carbonyl (C=O) groups excluding carboxylic acids is 2. The van der Waals surface area contributed by atoms with Crippen molar-refractivity contribution in [2.24, 2.45) is 0 Å². The summed E-state index contributed by atoms with van der Waals surface area (Å²) in [4.78, 5) is 37.3. The van der Waals surface area contributed by atoms with Crippen LogP contribution in [0.5, 0.6) is 11.5 Å². The number of ether oxygens (including phenoxy) is 2. The summed E-state index contributed by atoms with van der Waals surface area (Å²) in [6.07, 6.45) is 1.67. The number of amides is 2. The van der Waals surface area contributed by atoms with Crippen molar-refractivity contribution < 1.29 is 24.0 Å². The summed E-state index contributed by atoms with van der Waals surface area (Å²) in [5.74, 6) is 0.646. The van der Waals surface area contributed by atoms with E-state index in [0.29, 0.717) is 34.3 Å². The molecule has 1 saturated heterocycles. The largest absolute Gasteiger partial charge is 0.490 e. The summed E-state index contributed by atoms with van der Waals surface area (Å²) in [5, 5.41) is 10.5. The summed E-state index contributed by atoms with van der Waals surface area (Å²) in [5.41, 5.74) is 2.00. The molecule has 178 valence electrons. The van der Waals surface area contributed by atoms with Crippen LogP contribution in [0.15, 0.2) is 71.6 Å². The van der Waals surface area contributed by atoms with E-state index in [0.717, 1.165) is 25.8 Å². The van der Waals surface area contributed by atoms with Gasteiger partial charge >= 0.3 is 0 Å². The quantitative estimate of drug-likeness (QED) is 0.127.